The minimum Gasteiger partial charge on any atom is -0.492 e. The molecule has 0 saturated heterocycles. The van der Waals surface area contributed by atoms with E-state index in [1.54, 1.807) is 12.1 Å². The maximum atomic E-state index is 10.8. The second-order valence-electron chi connectivity index (χ2n) is 3.43. The molecule has 0 saturated carbocycles. The van der Waals surface area contributed by atoms with Crippen LogP contribution in [0.15, 0.2) is 18.2 Å². The third kappa shape index (κ3) is 4.83. The average Bonchev–Trinajstić information content (AvgIpc) is 2.17. The molecule has 0 radical (unpaired) electrons. The lowest BCUT2D eigenvalue weighted by atomic mass is 10.2. The predicted octanol–water partition coefficient (Wildman–Crippen LogP) is 1.58. The normalized spacial score (nSPS) is 11.4. The molecule has 0 fully saturated rings. The molecule has 0 aromatic heterocycles. The number of aryl methyl sites for hydroxylation is 1. The molecule has 1 aromatic carbocycles. The van der Waals surface area contributed by atoms with E-state index in [9.17, 15) is 8.42 Å². The maximum absolute atomic E-state index is 10.8. The van der Waals surface area contributed by atoms with E-state index < -0.39 is 10.0 Å². The molecule has 0 heterocycles. The highest BCUT2D eigenvalue weighted by atomic mass is 35.5. The van der Waals surface area contributed by atoms with Crippen LogP contribution in [0.3, 0.4) is 0 Å². The number of rotatable bonds is 5. The largest absolute Gasteiger partial charge is 0.492 e. The summed E-state index contributed by atoms with van der Waals surface area (Å²) in [6.45, 7) is 2.41. The molecule has 6 heteroatoms. The van der Waals surface area contributed by atoms with Gasteiger partial charge in [-0.3, -0.25) is 0 Å². The molecule has 0 amide bonds. The number of halogens is 1. The topological polar surface area (TPSA) is 55.4 Å². The Hall–Kier alpha value is -0.780. The summed E-state index contributed by atoms with van der Waals surface area (Å²) in [4.78, 5) is 0. The van der Waals surface area contributed by atoms with Crippen LogP contribution in [0.2, 0.25) is 5.02 Å². The molecule has 0 atom stereocenters. The molecule has 4 nitrogen and oxygen atoms in total. The van der Waals surface area contributed by atoms with E-state index in [-0.39, 0.29) is 13.2 Å². The van der Waals surface area contributed by atoms with Gasteiger partial charge in [-0.05, 0) is 24.6 Å². The van der Waals surface area contributed by atoms with Crippen LogP contribution in [0.5, 0.6) is 5.75 Å². The summed E-state index contributed by atoms with van der Waals surface area (Å²) in [6, 6.07) is 5.35. The van der Waals surface area contributed by atoms with Gasteiger partial charge in [0.2, 0.25) is 10.0 Å². The summed E-state index contributed by atoms with van der Waals surface area (Å²) in [5, 5.41) is 0.633. The van der Waals surface area contributed by atoms with Crippen molar-refractivity contribution in [2.24, 2.45) is 0 Å². The van der Waals surface area contributed by atoms with Crippen molar-refractivity contribution in [1.82, 2.24) is 4.72 Å². The Morgan fingerprint density at radius 3 is 2.69 bits per heavy atom. The van der Waals surface area contributed by atoms with Crippen LogP contribution in [0, 0.1) is 6.92 Å². The summed E-state index contributed by atoms with van der Waals surface area (Å²) in [7, 11) is -3.15. The molecule has 0 bridgehead atoms. The van der Waals surface area contributed by atoms with Crippen LogP contribution in [-0.4, -0.2) is 27.8 Å². The molecule has 1 rings (SSSR count). The Labute approximate surface area is 101 Å². The zero-order valence-electron chi connectivity index (χ0n) is 9.16. The molecular weight excluding hydrogens is 250 g/mol. The molecule has 90 valence electrons. The van der Waals surface area contributed by atoms with Crippen molar-refractivity contribution in [3.63, 3.8) is 0 Å². The summed E-state index contributed by atoms with van der Waals surface area (Å²) < 4.78 is 29.2. The summed E-state index contributed by atoms with van der Waals surface area (Å²) >= 11 is 5.91. The van der Waals surface area contributed by atoms with Crippen LogP contribution in [0.1, 0.15) is 5.56 Å². The lowest BCUT2D eigenvalue weighted by molar-refractivity contribution is 0.323. The molecule has 16 heavy (non-hydrogen) atoms. The zero-order valence-corrected chi connectivity index (χ0v) is 10.7. The van der Waals surface area contributed by atoms with Gasteiger partial charge in [-0.15, -0.1) is 0 Å². The van der Waals surface area contributed by atoms with E-state index in [4.69, 9.17) is 16.3 Å². The fourth-order valence-corrected chi connectivity index (χ4v) is 1.68. The Morgan fingerprint density at radius 1 is 1.44 bits per heavy atom. The summed E-state index contributed by atoms with van der Waals surface area (Å²) in [6.07, 6.45) is 1.11. The molecule has 0 unspecified atom stereocenters. The van der Waals surface area contributed by atoms with Crippen molar-refractivity contribution < 1.29 is 13.2 Å². The van der Waals surface area contributed by atoms with E-state index in [2.05, 4.69) is 4.72 Å². The summed E-state index contributed by atoms with van der Waals surface area (Å²) in [5.41, 5.74) is 0.975. The van der Waals surface area contributed by atoms with Gasteiger partial charge in [-0.2, -0.15) is 0 Å². The van der Waals surface area contributed by atoms with Gasteiger partial charge < -0.3 is 4.74 Å². The lowest BCUT2D eigenvalue weighted by Crippen LogP contribution is -2.26. The smallest absolute Gasteiger partial charge is 0.208 e. The van der Waals surface area contributed by atoms with Gasteiger partial charge in [-0.25, -0.2) is 13.1 Å². The molecule has 0 aliphatic heterocycles. The minimum atomic E-state index is -3.15. The van der Waals surface area contributed by atoms with Crippen molar-refractivity contribution in [1.29, 1.82) is 0 Å². The fourth-order valence-electron chi connectivity index (χ4n) is 1.06. The minimum absolute atomic E-state index is 0.240. The highest BCUT2D eigenvalue weighted by Crippen LogP contribution is 2.21. The number of hydrogen-bond acceptors (Lipinski definition) is 3. The molecule has 1 aromatic rings. The molecular formula is C10H14ClNO3S. The lowest BCUT2D eigenvalue weighted by Gasteiger charge is -2.07. The average molecular weight is 264 g/mol. The first kappa shape index (κ1) is 13.3. The first-order valence-electron chi connectivity index (χ1n) is 4.72. The van der Waals surface area contributed by atoms with Crippen molar-refractivity contribution >= 4 is 21.6 Å². The van der Waals surface area contributed by atoms with Gasteiger partial charge >= 0.3 is 0 Å². The van der Waals surface area contributed by atoms with E-state index in [0.29, 0.717) is 10.8 Å². The number of benzene rings is 1. The Morgan fingerprint density at radius 2 is 2.12 bits per heavy atom. The first-order chi connectivity index (χ1) is 7.38. The Bertz CT molecular complexity index is 459. The van der Waals surface area contributed by atoms with E-state index >= 15 is 0 Å². The van der Waals surface area contributed by atoms with Gasteiger partial charge in [-0.1, -0.05) is 17.7 Å². The van der Waals surface area contributed by atoms with Crippen molar-refractivity contribution in [3.05, 3.63) is 28.8 Å². The monoisotopic (exact) mass is 263 g/mol. The fraction of sp³-hybridized carbons (Fsp3) is 0.400. The quantitative estimate of drug-likeness (QED) is 0.821. The summed E-state index contributed by atoms with van der Waals surface area (Å²) in [5.74, 6) is 0.630. The van der Waals surface area contributed by atoms with Gasteiger partial charge in [0.25, 0.3) is 0 Å². The molecule has 0 aliphatic rings. The van der Waals surface area contributed by atoms with Crippen molar-refractivity contribution in [2.75, 3.05) is 19.4 Å². The highest BCUT2D eigenvalue weighted by Gasteiger charge is 2.01. The first-order valence-corrected chi connectivity index (χ1v) is 6.99. The molecule has 0 aliphatic carbocycles. The predicted molar refractivity (Wildman–Crippen MR) is 64.5 cm³/mol. The maximum Gasteiger partial charge on any atom is 0.208 e. The van der Waals surface area contributed by atoms with Crippen LogP contribution in [0.4, 0.5) is 0 Å². The van der Waals surface area contributed by atoms with E-state index in [1.165, 1.54) is 0 Å². The van der Waals surface area contributed by atoms with E-state index in [1.807, 2.05) is 13.0 Å². The number of sulfonamides is 1. The SMILES string of the molecule is Cc1ccc(OCCNS(C)(=O)=O)cc1Cl. The second kappa shape index (κ2) is 5.52. The van der Waals surface area contributed by atoms with Gasteiger partial charge in [0.1, 0.15) is 12.4 Å². The van der Waals surface area contributed by atoms with Gasteiger partial charge in [0.05, 0.1) is 6.26 Å². The standard InChI is InChI=1S/C10H14ClNO3S/c1-8-3-4-9(7-10(8)11)15-6-5-12-16(2,13)14/h3-4,7,12H,5-6H2,1-2H3. The third-order valence-corrected chi connectivity index (χ3v) is 3.01. The van der Waals surface area contributed by atoms with Gasteiger partial charge in [0, 0.05) is 11.6 Å². The Kier molecular flexibility index (Phi) is 4.58. The van der Waals surface area contributed by atoms with Crippen molar-refractivity contribution in [3.8, 4) is 5.75 Å². The van der Waals surface area contributed by atoms with Crippen LogP contribution in [-0.2, 0) is 10.0 Å². The Balaban J connectivity index is 2.41. The van der Waals surface area contributed by atoms with Crippen LogP contribution < -0.4 is 9.46 Å². The zero-order chi connectivity index (χ0) is 12.2. The van der Waals surface area contributed by atoms with Gasteiger partial charge in [0.15, 0.2) is 0 Å². The number of ether oxygens (including phenoxy) is 1. The number of hydrogen-bond donors (Lipinski definition) is 1. The number of nitrogens with one attached hydrogen (secondary N) is 1. The highest BCUT2D eigenvalue weighted by molar-refractivity contribution is 7.88. The van der Waals surface area contributed by atoms with Crippen LogP contribution in [0.25, 0.3) is 0 Å². The van der Waals surface area contributed by atoms with Crippen molar-refractivity contribution in [2.45, 2.75) is 6.92 Å². The van der Waals surface area contributed by atoms with E-state index in [0.717, 1.165) is 11.8 Å². The molecule has 1 N–H and O–H groups in total. The third-order valence-electron chi connectivity index (χ3n) is 1.88. The molecule has 0 spiro atoms. The van der Waals surface area contributed by atoms with Crippen LogP contribution >= 0.6 is 11.6 Å². The second-order valence-corrected chi connectivity index (χ2v) is 5.67.